The van der Waals surface area contributed by atoms with E-state index in [1.165, 1.54) is 35.5 Å². The molecule has 11 heteroatoms. The van der Waals surface area contributed by atoms with Gasteiger partial charge in [-0.2, -0.15) is 0 Å². The topological polar surface area (TPSA) is 93.2 Å². The Morgan fingerprint density at radius 3 is 2.70 bits per heavy atom. The number of carbonyl (C=O) groups excluding carboxylic acids is 2. The maximum absolute atomic E-state index is 13.9. The van der Waals surface area contributed by atoms with Gasteiger partial charge in [0.15, 0.2) is 5.79 Å². The Balaban J connectivity index is 1.37. The summed E-state index contributed by atoms with van der Waals surface area (Å²) in [5.74, 6) is -1.21. The Bertz CT molecular complexity index is 971. The molecule has 4 rings (SSSR count). The zero-order chi connectivity index (χ0) is 23.3. The van der Waals surface area contributed by atoms with Crippen molar-refractivity contribution in [3.8, 4) is 0 Å². The van der Waals surface area contributed by atoms with E-state index in [-0.39, 0.29) is 24.7 Å². The quantitative estimate of drug-likeness (QED) is 0.658. The van der Waals surface area contributed by atoms with Gasteiger partial charge in [0.1, 0.15) is 16.5 Å². The van der Waals surface area contributed by atoms with Crippen LogP contribution in [-0.4, -0.2) is 79.1 Å². The minimum atomic E-state index is -0.544. The minimum Gasteiger partial charge on any atom is -0.383 e. The van der Waals surface area contributed by atoms with Crippen molar-refractivity contribution < 1.29 is 28.2 Å². The van der Waals surface area contributed by atoms with Gasteiger partial charge < -0.3 is 29.3 Å². The fourth-order valence-electron chi connectivity index (χ4n) is 3.85. The van der Waals surface area contributed by atoms with E-state index >= 15 is 0 Å². The Morgan fingerprint density at radius 1 is 1.27 bits per heavy atom. The van der Waals surface area contributed by atoms with Gasteiger partial charge in [-0.15, -0.1) is 11.3 Å². The average Bonchev–Trinajstić information content (AvgIpc) is 3.48. The number of hydrogen-bond acceptors (Lipinski definition) is 7. The molecular weight excluding hydrogens is 451 g/mol. The van der Waals surface area contributed by atoms with E-state index in [2.05, 4.69) is 10.3 Å². The molecule has 1 aromatic carbocycles. The van der Waals surface area contributed by atoms with E-state index in [1.807, 2.05) is 0 Å². The highest BCUT2D eigenvalue weighted by atomic mass is 32.1. The SMILES string of the molecule is COCCN(Cc1nc(C(=O)N2CCC3(CC2)OCCO3)cs1)C(=O)Nc1ccccc1F. The maximum atomic E-state index is 13.9. The summed E-state index contributed by atoms with van der Waals surface area (Å²) >= 11 is 1.30. The van der Waals surface area contributed by atoms with Crippen LogP contribution in [0, 0.1) is 5.82 Å². The number of hydrogen-bond donors (Lipinski definition) is 1. The molecule has 2 aromatic rings. The molecule has 1 aromatic heterocycles. The number of para-hydroxylation sites is 1. The fraction of sp³-hybridized carbons (Fsp3) is 0.500. The summed E-state index contributed by atoms with van der Waals surface area (Å²) in [6.07, 6.45) is 1.27. The lowest BCUT2D eigenvalue weighted by Gasteiger charge is -2.37. The first kappa shape index (κ1) is 23.6. The number of urea groups is 1. The number of methoxy groups -OCH3 is 1. The fourth-order valence-corrected chi connectivity index (χ4v) is 4.64. The van der Waals surface area contributed by atoms with Crippen molar-refractivity contribution in [3.05, 3.63) is 46.2 Å². The molecular formula is C22H27FN4O5S. The van der Waals surface area contributed by atoms with Gasteiger partial charge in [-0.3, -0.25) is 4.79 Å². The first-order valence-corrected chi connectivity index (χ1v) is 11.7. The summed E-state index contributed by atoms with van der Waals surface area (Å²) in [4.78, 5) is 33.4. The lowest BCUT2D eigenvalue weighted by atomic mass is 10.0. The third-order valence-corrected chi connectivity index (χ3v) is 6.52. The molecule has 0 unspecified atom stereocenters. The standard InChI is InChI=1S/C22H27FN4O5S/c1-30-11-10-27(21(29)25-17-5-3-2-4-16(17)23)14-19-24-18(15-33-19)20(28)26-8-6-22(7-9-26)31-12-13-32-22/h2-5,15H,6-14H2,1H3,(H,25,29). The number of anilines is 1. The van der Waals surface area contributed by atoms with Gasteiger partial charge in [0, 0.05) is 45.0 Å². The molecule has 1 spiro atoms. The second-order valence-electron chi connectivity index (χ2n) is 7.85. The summed E-state index contributed by atoms with van der Waals surface area (Å²) in [6, 6.07) is 5.49. The lowest BCUT2D eigenvalue weighted by Crippen LogP contribution is -2.47. The van der Waals surface area contributed by atoms with Crippen LogP contribution in [0.5, 0.6) is 0 Å². The minimum absolute atomic E-state index is 0.0954. The number of likely N-dealkylation sites (tertiary alicyclic amines) is 1. The van der Waals surface area contributed by atoms with Crippen LogP contribution in [0.25, 0.3) is 0 Å². The number of thiazole rings is 1. The highest BCUT2D eigenvalue weighted by molar-refractivity contribution is 7.09. The van der Waals surface area contributed by atoms with E-state index < -0.39 is 17.6 Å². The summed E-state index contributed by atoms with van der Waals surface area (Å²) in [5.41, 5.74) is 0.443. The van der Waals surface area contributed by atoms with Crippen LogP contribution in [0.1, 0.15) is 28.3 Å². The van der Waals surface area contributed by atoms with Crippen molar-refractivity contribution in [2.75, 3.05) is 51.9 Å². The van der Waals surface area contributed by atoms with E-state index in [0.29, 0.717) is 56.5 Å². The molecule has 178 valence electrons. The molecule has 0 aliphatic carbocycles. The van der Waals surface area contributed by atoms with Crippen LogP contribution in [0.4, 0.5) is 14.9 Å². The number of amides is 3. The zero-order valence-electron chi connectivity index (χ0n) is 18.4. The van der Waals surface area contributed by atoms with Gasteiger partial charge in [0.05, 0.1) is 32.1 Å². The van der Waals surface area contributed by atoms with Crippen LogP contribution in [0.3, 0.4) is 0 Å². The van der Waals surface area contributed by atoms with Crippen molar-refractivity contribution in [3.63, 3.8) is 0 Å². The highest BCUT2D eigenvalue weighted by Crippen LogP contribution is 2.31. The molecule has 0 bridgehead atoms. The molecule has 0 atom stereocenters. The van der Waals surface area contributed by atoms with Gasteiger partial charge in [-0.25, -0.2) is 14.2 Å². The molecule has 0 saturated carbocycles. The zero-order valence-corrected chi connectivity index (χ0v) is 19.2. The van der Waals surface area contributed by atoms with E-state index in [9.17, 15) is 14.0 Å². The Kier molecular flexibility index (Phi) is 7.53. The Hall–Kier alpha value is -2.60. The normalized spacial score (nSPS) is 17.3. The first-order chi connectivity index (χ1) is 16.0. The molecule has 33 heavy (non-hydrogen) atoms. The second kappa shape index (κ2) is 10.6. The molecule has 3 amide bonds. The summed E-state index contributed by atoms with van der Waals surface area (Å²) < 4.78 is 30.5. The number of nitrogens with one attached hydrogen (secondary N) is 1. The van der Waals surface area contributed by atoms with Crippen molar-refractivity contribution in [2.45, 2.75) is 25.2 Å². The molecule has 2 aliphatic rings. The highest BCUT2D eigenvalue weighted by Gasteiger charge is 2.41. The molecule has 2 aliphatic heterocycles. The summed E-state index contributed by atoms with van der Waals surface area (Å²) in [6.45, 7) is 3.02. The molecule has 1 N–H and O–H groups in total. The van der Waals surface area contributed by atoms with Crippen LogP contribution < -0.4 is 5.32 Å². The number of nitrogens with zero attached hydrogens (tertiary/aromatic N) is 3. The largest absolute Gasteiger partial charge is 0.383 e. The van der Waals surface area contributed by atoms with E-state index in [1.54, 1.807) is 22.4 Å². The van der Waals surface area contributed by atoms with Crippen molar-refractivity contribution >= 4 is 29.0 Å². The summed E-state index contributed by atoms with van der Waals surface area (Å²) in [5, 5.41) is 4.89. The molecule has 3 heterocycles. The van der Waals surface area contributed by atoms with Crippen LogP contribution in [0.2, 0.25) is 0 Å². The van der Waals surface area contributed by atoms with Crippen molar-refractivity contribution in [2.24, 2.45) is 0 Å². The van der Waals surface area contributed by atoms with E-state index in [4.69, 9.17) is 14.2 Å². The number of rotatable bonds is 7. The number of ether oxygens (including phenoxy) is 3. The molecule has 9 nitrogen and oxygen atoms in total. The first-order valence-electron chi connectivity index (χ1n) is 10.8. The maximum Gasteiger partial charge on any atom is 0.322 e. The number of aromatic nitrogens is 1. The predicted molar refractivity (Wildman–Crippen MR) is 120 cm³/mol. The third kappa shape index (κ3) is 5.67. The van der Waals surface area contributed by atoms with Gasteiger partial charge >= 0.3 is 6.03 Å². The van der Waals surface area contributed by atoms with Crippen molar-refractivity contribution in [1.82, 2.24) is 14.8 Å². The number of carbonyl (C=O) groups is 2. The number of halogens is 1. The Labute approximate surface area is 195 Å². The Morgan fingerprint density at radius 2 is 2.00 bits per heavy atom. The van der Waals surface area contributed by atoms with Gasteiger partial charge in [-0.1, -0.05) is 12.1 Å². The van der Waals surface area contributed by atoms with Gasteiger partial charge in [0.2, 0.25) is 0 Å². The molecule has 0 radical (unpaired) electrons. The van der Waals surface area contributed by atoms with Crippen LogP contribution in [-0.2, 0) is 20.8 Å². The number of benzene rings is 1. The second-order valence-corrected chi connectivity index (χ2v) is 8.79. The van der Waals surface area contributed by atoms with Crippen LogP contribution >= 0.6 is 11.3 Å². The number of piperidine rings is 1. The molecule has 2 saturated heterocycles. The van der Waals surface area contributed by atoms with Crippen LogP contribution in [0.15, 0.2) is 29.6 Å². The molecule has 2 fully saturated rings. The monoisotopic (exact) mass is 478 g/mol. The van der Waals surface area contributed by atoms with Gasteiger partial charge in [0.25, 0.3) is 5.91 Å². The van der Waals surface area contributed by atoms with Gasteiger partial charge in [-0.05, 0) is 12.1 Å². The third-order valence-electron chi connectivity index (χ3n) is 5.69. The van der Waals surface area contributed by atoms with Crippen molar-refractivity contribution in [1.29, 1.82) is 0 Å². The average molecular weight is 479 g/mol. The summed E-state index contributed by atoms with van der Waals surface area (Å²) in [7, 11) is 1.54. The van der Waals surface area contributed by atoms with E-state index in [0.717, 1.165) is 0 Å². The smallest absolute Gasteiger partial charge is 0.322 e. The predicted octanol–water partition coefficient (Wildman–Crippen LogP) is 2.94. The lowest BCUT2D eigenvalue weighted by molar-refractivity contribution is -0.181.